The molecule has 0 amide bonds. The summed E-state index contributed by atoms with van der Waals surface area (Å²) in [5, 5.41) is 0.542. The van der Waals surface area contributed by atoms with Gasteiger partial charge in [0.15, 0.2) is 18.3 Å². The molecule has 0 N–H and O–H groups in total. The second kappa shape index (κ2) is 7.90. The molecule has 0 saturated carbocycles. The number of carbonyl (C=O) groups is 1. The third-order valence-corrected chi connectivity index (χ3v) is 4.32. The normalized spacial score (nSPS) is 15.1. The molecule has 2 aliphatic rings. The summed E-state index contributed by atoms with van der Waals surface area (Å²) in [6.45, 7) is 1.70. The van der Waals surface area contributed by atoms with Gasteiger partial charge in [-0.25, -0.2) is 4.79 Å². The Morgan fingerprint density at radius 3 is 2.85 bits per heavy atom. The van der Waals surface area contributed by atoms with Crippen molar-refractivity contribution in [2.75, 3.05) is 20.0 Å². The molecule has 2 aromatic rings. The van der Waals surface area contributed by atoms with Gasteiger partial charge in [-0.15, -0.1) is 0 Å². The first-order valence-corrected chi connectivity index (χ1v) is 8.83. The first-order valence-electron chi connectivity index (χ1n) is 8.45. The van der Waals surface area contributed by atoms with Crippen LogP contribution in [0.3, 0.4) is 0 Å². The average molecular weight is 389 g/mol. The lowest BCUT2D eigenvalue weighted by atomic mass is 10.1. The van der Waals surface area contributed by atoms with Crippen molar-refractivity contribution < 1.29 is 28.5 Å². The van der Waals surface area contributed by atoms with Crippen molar-refractivity contribution in [3.63, 3.8) is 0 Å². The lowest BCUT2D eigenvalue weighted by molar-refractivity contribution is -0.139. The van der Waals surface area contributed by atoms with Crippen LogP contribution in [0.1, 0.15) is 16.7 Å². The summed E-state index contributed by atoms with van der Waals surface area (Å²) < 4.78 is 27.1. The number of halogens is 1. The van der Waals surface area contributed by atoms with E-state index in [4.69, 9.17) is 35.3 Å². The van der Waals surface area contributed by atoms with Crippen molar-refractivity contribution in [3.8, 4) is 17.2 Å². The standard InChI is InChI=1S/C20H17ClO6/c21-16-8-14-10-23-12-27-20(14)15(9-16)11-26-19(22)4-2-13-1-3-17-18(7-13)25-6-5-24-17/h1-4,7-9H,5-6,10-12H2/b4-2+. The largest absolute Gasteiger partial charge is 0.486 e. The maximum Gasteiger partial charge on any atom is 0.331 e. The topological polar surface area (TPSA) is 63.2 Å². The molecular formula is C20H17ClO6. The quantitative estimate of drug-likeness (QED) is 0.587. The van der Waals surface area contributed by atoms with E-state index in [2.05, 4.69) is 0 Å². The van der Waals surface area contributed by atoms with E-state index >= 15 is 0 Å². The Bertz CT molecular complexity index is 892. The molecule has 0 radical (unpaired) electrons. The van der Waals surface area contributed by atoms with Crippen LogP contribution in [0.4, 0.5) is 0 Å². The molecule has 0 fully saturated rings. The SMILES string of the molecule is O=C(/C=C/c1ccc2c(c1)OCCO2)OCc1cc(Cl)cc2c1OCOC2. The van der Waals surface area contributed by atoms with E-state index in [9.17, 15) is 4.79 Å². The minimum atomic E-state index is -0.467. The minimum absolute atomic E-state index is 0.0627. The second-order valence-electron chi connectivity index (χ2n) is 6.01. The zero-order chi connectivity index (χ0) is 18.6. The highest BCUT2D eigenvalue weighted by Gasteiger charge is 2.17. The predicted molar refractivity (Wildman–Crippen MR) is 98.0 cm³/mol. The molecule has 7 heteroatoms. The summed E-state index contributed by atoms with van der Waals surface area (Å²) in [5.74, 6) is 1.57. The van der Waals surface area contributed by atoms with Crippen LogP contribution in [0.25, 0.3) is 6.08 Å². The Kier molecular flexibility index (Phi) is 5.18. The van der Waals surface area contributed by atoms with E-state index in [-0.39, 0.29) is 13.4 Å². The lowest BCUT2D eigenvalue weighted by Gasteiger charge is -2.20. The first-order chi connectivity index (χ1) is 13.2. The third kappa shape index (κ3) is 4.18. The number of fused-ring (bicyclic) bond motifs is 2. The number of carbonyl (C=O) groups excluding carboxylic acids is 1. The van der Waals surface area contributed by atoms with Crippen LogP contribution in [-0.2, 0) is 27.5 Å². The second-order valence-corrected chi connectivity index (χ2v) is 6.44. The van der Waals surface area contributed by atoms with Crippen LogP contribution < -0.4 is 14.2 Å². The number of ether oxygens (including phenoxy) is 5. The monoisotopic (exact) mass is 388 g/mol. The number of esters is 1. The summed E-state index contributed by atoms with van der Waals surface area (Å²) in [4.78, 5) is 12.1. The lowest BCUT2D eigenvalue weighted by Crippen LogP contribution is -2.15. The van der Waals surface area contributed by atoms with E-state index in [1.54, 1.807) is 18.2 Å². The number of rotatable bonds is 4. The Labute approximate surface area is 161 Å². The molecule has 0 bridgehead atoms. The zero-order valence-corrected chi connectivity index (χ0v) is 15.2. The predicted octanol–water partition coefficient (Wildman–Crippen LogP) is 3.73. The Morgan fingerprint density at radius 2 is 1.96 bits per heavy atom. The highest BCUT2D eigenvalue weighted by atomic mass is 35.5. The molecule has 4 rings (SSSR count). The van der Waals surface area contributed by atoms with E-state index in [1.807, 2.05) is 18.2 Å². The van der Waals surface area contributed by atoms with Gasteiger partial charge in [0.25, 0.3) is 0 Å². The van der Waals surface area contributed by atoms with Gasteiger partial charge in [-0.3, -0.25) is 0 Å². The van der Waals surface area contributed by atoms with Gasteiger partial charge in [-0.1, -0.05) is 17.7 Å². The van der Waals surface area contributed by atoms with E-state index in [1.165, 1.54) is 6.08 Å². The average Bonchev–Trinajstić information content (AvgIpc) is 2.70. The molecule has 2 aliphatic heterocycles. The van der Waals surface area contributed by atoms with Crippen molar-refractivity contribution >= 4 is 23.6 Å². The fourth-order valence-electron chi connectivity index (χ4n) is 2.89. The fourth-order valence-corrected chi connectivity index (χ4v) is 3.15. The molecular weight excluding hydrogens is 372 g/mol. The van der Waals surface area contributed by atoms with Gasteiger partial charge in [0.2, 0.25) is 0 Å². The fraction of sp³-hybridized carbons (Fsp3) is 0.250. The van der Waals surface area contributed by atoms with Crippen LogP contribution >= 0.6 is 11.6 Å². The van der Waals surface area contributed by atoms with Crippen molar-refractivity contribution in [3.05, 3.63) is 58.1 Å². The smallest absolute Gasteiger partial charge is 0.331 e. The maximum atomic E-state index is 12.1. The molecule has 0 unspecified atom stereocenters. The highest BCUT2D eigenvalue weighted by molar-refractivity contribution is 6.30. The van der Waals surface area contributed by atoms with Crippen LogP contribution in [0.2, 0.25) is 5.02 Å². The molecule has 140 valence electrons. The van der Waals surface area contributed by atoms with E-state index < -0.39 is 5.97 Å². The zero-order valence-electron chi connectivity index (χ0n) is 14.4. The van der Waals surface area contributed by atoms with Gasteiger partial charge in [-0.2, -0.15) is 0 Å². The van der Waals surface area contributed by atoms with Crippen molar-refractivity contribution in [1.29, 1.82) is 0 Å². The molecule has 2 aromatic carbocycles. The maximum absolute atomic E-state index is 12.1. The van der Waals surface area contributed by atoms with Crippen molar-refractivity contribution in [2.24, 2.45) is 0 Å². The van der Waals surface area contributed by atoms with Crippen LogP contribution in [0.5, 0.6) is 17.2 Å². The van der Waals surface area contributed by atoms with Crippen molar-refractivity contribution in [1.82, 2.24) is 0 Å². The third-order valence-electron chi connectivity index (χ3n) is 4.10. The summed E-state index contributed by atoms with van der Waals surface area (Å²) in [7, 11) is 0. The minimum Gasteiger partial charge on any atom is -0.486 e. The van der Waals surface area contributed by atoms with Crippen LogP contribution in [0.15, 0.2) is 36.4 Å². The highest BCUT2D eigenvalue weighted by Crippen LogP contribution is 2.32. The van der Waals surface area contributed by atoms with Gasteiger partial charge < -0.3 is 23.7 Å². The van der Waals surface area contributed by atoms with Gasteiger partial charge in [-0.05, 0) is 35.9 Å². The Hall–Kier alpha value is -2.70. The van der Waals surface area contributed by atoms with Gasteiger partial charge in [0.05, 0.1) is 6.61 Å². The number of hydrogen-bond donors (Lipinski definition) is 0. The Balaban J connectivity index is 1.40. The molecule has 0 spiro atoms. The molecule has 0 atom stereocenters. The molecule has 0 saturated heterocycles. The molecule has 0 aromatic heterocycles. The molecule has 0 aliphatic carbocycles. The van der Waals surface area contributed by atoms with Gasteiger partial charge in [0.1, 0.15) is 25.6 Å². The first kappa shape index (κ1) is 17.7. The summed E-state index contributed by atoms with van der Waals surface area (Å²) in [6, 6.07) is 8.99. The molecule has 2 heterocycles. The van der Waals surface area contributed by atoms with Crippen LogP contribution in [0, 0.1) is 0 Å². The van der Waals surface area contributed by atoms with E-state index in [0.29, 0.717) is 47.7 Å². The number of hydrogen-bond acceptors (Lipinski definition) is 6. The van der Waals surface area contributed by atoms with Crippen molar-refractivity contribution in [2.45, 2.75) is 13.2 Å². The summed E-state index contributed by atoms with van der Waals surface area (Å²) in [5.41, 5.74) is 2.37. The van der Waals surface area contributed by atoms with Crippen LogP contribution in [-0.4, -0.2) is 26.0 Å². The van der Waals surface area contributed by atoms with Gasteiger partial charge >= 0.3 is 5.97 Å². The molecule has 27 heavy (non-hydrogen) atoms. The molecule has 6 nitrogen and oxygen atoms in total. The number of benzene rings is 2. The Morgan fingerprint density at radius 1 is 1.11 bits per heavy atom. The van der Waals surface area contributed by atoms with Gasteiger partial charge in [0, 0.05) is 22.2 Å². The van der Waals surface area contributed by atoms with E-state index in [0.717, 1.165) is 11.1 Å². The summed E-state index contributed by atoms with van der Waals surface area (Å²) >= 11 is 6.11. The summed E-state index contributed by atoms with van der Waals surface area (Å²) in [6.07, 6.45) is 3.03.